The van der Waals surface area contributed by atoms with Crippen molar-refractivity contribution in [3.05, 3.63) is 29.0 Å². The molecule has 0 spiro atoms. The molecule has 1 aliphatic rings. The quantitative estimate of drug-likeness (QED) is 0.921. The molecule has 0 radical (unpaired) electrons. The van der Waals surface area contributed by atoms with Gasteiger partial charge < -0.3 is 14.6 Å². The van der Waals surface area contributed by atoms with Gasteiger partial charge in [0.1, 0.15) is 0 Å². The average Bonchev–Trinajstić information content (AvgIpc) is 2.83. The van der Waals surface area contributed by atoms with Gasteiger partial charge in [-0.05, 0) is 29.8 Å². The van der Waals surface area contributed by atoms with E-state index in [0.29, 0.717) is 17.4 Å². The van der Waals surface area contributed by atoms with Gasteiger partial charge in [-0.2, -0.15) is 0 Å². The molecule has 2 aromatic rings. The van der Waals surface area contributed by atoms with E-state index >= 15 is 0 Å². The number of hydrogen-bond donors (Lipinski definition) is 1. The Hall–Kier alpha value is -1.63. The highest BCUT2D eigenvalue weighted by atomic mass is 35.5. The number of morpholine rings is 1. The molecule has 2 heterocycles. The Kier molecular flexibility index (Phi) is 4.61. The molecule has 1 N–H and O–H groups in total. The van der Waals surface area contributed by atoms with E-state index in [1.165, 1.54) is 0 Å². The Bertz CT molecular complexity index is 679. The Labute approximate surface area is 134 Å². The minimum absolute atomic E-state index is 0.0764. The van der Waals surface area contributed by atoms with Crippen LogP contribution in [0, 0.1) is 0 Å². The first-order valence-electron chi connectivity index (χ1n) is 7.35. The summed E-state index contributed by atoms with van der Waals surface area (Å²) in [5.74, 6) is -0.0764. The summed E-state index contributed by atoms with van der Waals surface area (Å²) in [4.78, 5) is 18.7. The first kappa shape index (κ1) is 15.3. The second-order valence-electron chi connectivity index (χ2n) is 5.35. The molecule has 7 heteroatoms. The second kappa shape index (κ2) is 6.64. The number of hydrogen-bond acceptors (Lipinski definition) is 4. The number of ether oxygens (including phenoxy) is 1. The molecule has 1 aromatic carbocycles. The molecule has 6 nitrogen and oxygen atoms in total. The number of rotatable bonds is 4. The number of benzene rings is 1. The van der Waals surface area contributed by atoms with Crippen LogP contribution < -0.4 is 5.32 Å². The minimum atomic E-state index is -0.0764. The molecule has 0 saturated carbocycles. The molecule has 1 amide bonds. The van der Waals surface area contributed by atoms with Gasteiger partial charge in [-0.3, -0.25) is 9.69 Å². The topological polar surface area (TPSA) is 59.4 Å². The van der Waals surface area contributed by atoms with E-state index in [1.807, 2.05) is 19.2 Å². The van der Waals surface area contributed by atoms with Gasteiger partial charge in [0, 0.05) is 38.8 Å². The van der Waals surface area contributed by atoms with Crippen molar-refractivity contribution in [1.82, 2.24) is 19.8 Å². The van der Waals surface area contributed by atoms with Gasteiger partial charge in [0.15, 0.2) is 0 Å². The van der Waals surface area contributed by atoms with Crippen molar-refractivity contribution in [2.45, 2.75) is 0 Å². The summed E-state index contributed by atoms with van der Waals surface area (Å²) in [7, 11) is 1.83. The lowest BCUT2D eigenvalue weighted by Crippen LogP contribution is -2.41. The number of nitrogens with one attached hydrogen (secondary N) is 1. The lowest BCUT2D eigenvalue weighted by Gasteiger charge is -2.26. The van der Waals surface area contributed by atoms with Crippen LogP contribution in [0.2, 0.25) is 5.28 Å². The maximum atomic E-state index is 12.2. The van der Waals surface area contributed by atoms with Gasteiger partial charge in [-0.1, -0.05) is 0 Å². The highest BCUT2D eigenvalue weighted by Crippen LogP contribution is 2.19. The highest BCUT2D eigenvalue weighted by molar-refractivity contribution is 6.29. The Morgan fingerprint density at radius 1 is 1.41 bits per heavy atom. The van der Waals surface area contributed by atoms with E-state index in [0.717, 1.165) is 43.9 Å². The predicted octanol–water partition coefficient (Wildman–Crippen LogP) is 1.29. The average molecular weight is 323 g/mol. The molecule has 1 fully saturated rings. The maximum Gasteiger partial charge on any atom is 0.251 e. The molecule has 0 unspecified atom stereocenters. The fourth-order valence-electron chi connectivity index (χ4n) is 2.56. The number of imidazole rings is 1. The maximum absolute atomic E-state index is 12.2. The molecule has 0 bridgehead atoms. The Morgan fingerprint density at radius 3 is 2.95 bits per heavy atom. The fourth-order valence-corrected chi connectivity index (χ4v) is 2.74. The first-order valence-corrected chi connectivity index (χ1v) is 7.73. The zero-order valence-corrected chi connectivity index (χ0v) is 13.3. The van der Waals surface area contributed by atoms with Crippen LogP contribution >= 0.6 is 11.6 Å². The zero-order valence-electron chi connectivity index (χ0n) is 12.5. The summed E-state index contributed by atoms with van der Waals surface area (Å²) in [6, 6.07) is 5.41. The lowest BCUT2D eigenvalue weighted by atomic mass is 10.2. The minimum Gasteiger partial charge on any atom is -0.379 e. The van der Waals surface area contributed by atoms with Crippen molar-refractivity contribution in [3.63, 3.8) is 0 Å². The summed E-state index contributed by atoms with van der Waals surface area (Å²) in [5, 5.41) is 3.37. The van der Waals surface area contributed by atoms with Crippen LogP contribution in [0.4, 0.5) is 0 Å². The number of amides is 1. The Morgan fingerprint density at radius 2 is 2.18 bits per heavy atom. The summed E-state index contributed by atoms with van der Waals surface area (Å²) in [6.07, 6.45) is 0. The smallest absolute Gasteiger partial charge is 0.251 e. The molecule has 0 atom stereocenters. The van der Waals surface area contributed by atoms with Gasteiger partial charge in [0.25, 0.3) is 5.91 Å². The number of nitrogens with zero attached hydrogens (tertiary/aromatic N) is 3. The van der Waals surface area contributed by atoms with Gasteiger partial charge >= 0.3 is 0 Å². The molecular weight excluding hydrogens is 304 g/mol. The molecule has 0 aliphatic carbocycles. The number of aryl methyl sites for hydroxylation is 1. The van der Waals surface area contributed by atoms with Gasteiger partial charge in [0.05, 0.1) is 24.2 Å². The number of carbonyl (C=O) groups is 1. The fraction of sp³-hybridized carbons (Fsp3) is 0.467. The Balaban J connectivity index is 1.60. The summed E-state index contributed by atoms with van der Waals surface area (Å²) in [5.41, 5.74) is 2.26. The van der Waals surface area contributed by atoms with Crippen molar-refractivity contribution in [1.29, 1.82) is 0 Å². The van der Waals surface area contributed by atoms with Gasteiger partial charge in [-0.25, -0.2) is 4.98 Å². The SMILES string of the molecule is Cn1c(Cl)nc2ccc(C(=O)NCCN3CCOCC3)cc21. The van der Waals surface area contributed by atoms with Crippen LogP contribution in [0.1, 0.15) is 10.4 Å². The van der Waals surface area contributed by atoms with Crippen LogP contribution in [0.15, 0.2) is 18.2 Å². The van der Waals surface area contributed by atoms with Gasteiger partial charge in [0.2, 0.25) is 5.28 Å². The normalized spacial score (nSPS) is 16.1. The molecular formula is C15H19ClN4O2. The van der Waals surface area contributed by atoms with E-state index in [-0.39, 0.29) is 5.91 Å². The monoisotopic (exact) mass is 322 g/mol. The molecule has 3 rings (SSSR count). The van der Waals surface area contributed by atoms with Crippen LogP contribution in [0.25, 0.3) is 11.0 Å². The third-order valence-corrected chi connectivity index (χ3v) is 4.24. The van der Waals surface area contributed by atoms with E-state index < -0.39 is 0 Å². The van der Waals surface area contributed by atoms with Crippen molar-refractivity contribution < 1.29 is 9.53 Å². The van der Waals surface area contributed by atoms with E-state index in [9.17, 15) is 4.79 Å². The van der Waals surface area contributed by atoms with E-state index in [1.54, 1.807) is 10.6 Å². The van der Waals surface area contributed by atoms with Crippen molar-refractivity contribution in [2.24, 2.45) is 7.05 Å². The van der Waals surface area contributed by atoms with Crippen LogP contribution in [0.3, 0.4) is 0 Å². The number of carbonyl (C=O) groups excluding carboxylic acids is 1. The number of halogens is 1. The summed E-state index contributed by atoms with van der Waals surface area (Å²) in [6.45, 7) is 4.86. The van der Waals surface area contributed by atoms with Crippen molar-refractivity contribution in [2.75, 3.05) is 39.4 Å². The lowest BCUT2D eigenvalue weighted by molar-refractivity contribution is 0.0383. The number of aromatic nitrogens is 2. The standard InChI is InChI=1S/C15H19ClN4O2/c1-19-13-10-11(2-3-12(13)18-15(19)16)14(21)17-4-5-20-6-8-22-9-7-20/h2-3,10H,4-9H2,1H3,(H,17,21). The molecule has 22 heavy (non-hydrogen) atoms. The molecule has 118 valence electrons. The van der Waals surface area contributed by atoms with Crippen LogP contribution in [-0.4, -0.2) is 59.8 Å². The van der Waals surface area contributed by atoms with Gasteiger partial charge in [-0.15, -0.1) is 0 Å². The molecule has 1 aromatic heterocycles. The molecule has 1 saturated heterocycles. The molecule has 1 aliphatic heterocycles. The highest BCUT2D eigenvalue weighted by Gasteiger charge is 2.12. The van der Waals surface area contributed by atoms with Crippen molar-refractivity contribution >= 4 is 28.5 Å². The van der Waals surface area contributed by atoms with Crippen LogP contribution in [0.5, 0.6) is 0 Å². The van der Waals surface area contributed by atoms with E-state index in [2.05, 4.69) is 15.2 Å². The third-order valence-electron chi connectivity index (χ3n) is 3.91. The predicted molar refractivity (Wildman–Crippen MR) is 85.3 cm³/mol. The first-order chi connectivity index (χ1) is 10.6. The third kappa shape index (κ3) is 3.24. The van der Waals surface area contributed by atoms with Crippen LogP contribution in [-0.2, 0) is 11.8 Å². The summed E-state index contributed by atoms with van der Waals surface area (Å²) < 4.78 is 7.07. The second-order valence-corrected chi connectivity index (χ2v) is 5.69. The van der Waals surface area contributed by atoms with E-state index in [4.69, 9.17) is 16.3 Å². The van der Waals surface area contributed by atoms with Crippen molar-refractivity contribution in [3.8, 4) is 0 Å². The zero-order chi connectivity index (χ0) is 15.5. The summed E-state index contributed by atoms with van der Waals surface area (Å²) >= 11 is 5.99. The number of fused-ring (bicyclic) bond motifs is 1. The largest absolute Gasteiger partial charge is 0.379 e.